The number of ether oxygens (including phenoxy) is 2. The van der Waals surface area contributed by atoms with E-state index >= 15 is 0 Å². The summed E-state index contributed by atoms with van der Waals surface area (Å²) in [4.78, 5) is 2.44. The summed E-state index contributed by atoms with van der Waals surface area (Å²) in [5.41, 5.74) is 0. The van der Waals surface area contributed by atoms with Gasteiger partial charge in [-0.05, 0) is 0 Å². The van der Waals surface area contributed by atoms with Crippen molar-refractivity contribution in [2.24, 2.45) is 0 Å². The van der Waals surface area contributed by atoms with Gasteiger partial charge in [-0.15, -0.1) is 0 Å². The Morgan fingerprint density at radius 1 is 1.00 bits per heavy atom. The first-order valence-corrected chi connectivity index (χ1v) is 5.04. The van der Waals surface area contributed by atoms with Crippen molar-refractivity contribution < 1.29 is 27.0 Å². The quantitative estimate of drug-likeness (QED) is 0.596. The topological polar surface area (TPSA) is 31.4 Å². The minimum Gasteiger partial charge on any atom is -0.484 e. The first kappa shape index (κ1) is 12.1. The van der Waals surface area contributed by atoms with E-state index in [4.69, 9.17) is 9.47 Å². The van der Waals surface area contributed by atoms with Crippen LogP contribution in [0.3, 0.4) is 0 Å². The molecule has 0 N–H and O–H groups in total. The van der Waals surface area contributed by atoms with E-state index in [0.29, 0.717) is 26.1 Å². The Labute approximate surface area is 94.4 Å². The Morgan fingerprint density at radius 2 is 1.53 bits per heavy atom. The summed E-state index contributed by atoms with van der Waals surface area (Å²) >= 11 is 0. The maximum atomic E-state index is 13.2. The molecule has 1 aromatic rings. The molecule has 0 aromatic carbocycles. The third kappa shape index (κ3) is 2.49. The number of nitrogens with zero attached hydrogens (tertiary/aromatic N) is 1. The van der Waals surface area contributed by atoms with Crippen molar-refractivity contribution in [3.05, 3.63) is 23.5 Å². The second kappa shape index (κ2) is 4.87. The summed E-state index contributed by atoms with van der Waals surface area (Å²) in [5, 5.41) is 0. The molecule has 0 aliphatic carbocycles. The molecule has 0 spiro atoms. The lowest BCUT2D eigenvalue weighted by atomic mass is 10.1. The third-order valence-corrected chi connectivity index (χ3v) is 2.41. The van der Waals surface area contributed by atoms with Crippen LogP contribution in [0.4, 0.5) is 17.6 Å². The molecule has 0 saturated carbocycles. The van der Waals surface area contributed by atoms with Crippen LogP contribution >= 0.6 is 0 Å². The highest BCUT2D eigenvalue weighted by Crippen LogP contribution is 2.27. The molecule has 1 aliphatic rings. The van der Waals surface area contributed by atoms with Crippen LogP contribution in [0.25, 0.3) is 0 Å². The van der Waals surface area contributed by atoms with E-state index in [0.717, 1.165) is 0 Å². The molecule has 0 radical (unpaired) electrons. The fraction of sp³-hybridized carbons (Fsp3) is 0.500. The number of aromatic nitrogens is 1. The van der Waals surface area contributed by atoms with Gasteiger partial charge >= 0.3 is 0 Å². The van der Waals surface area contributed by atoms with E-state index in [2.05, 4.69) is 4.98 Å². The van der Waals surface area contributed by atoms with Crippen molar-refractivity contribution >= 4 is 0 Å². The highest BCUT2D eigenvalue weighted by molar-refractivity contribution is 5.24. The van der Waals surface area contributed by atoms with Crippen LogP contribution in [0.5, 0.6) is 5.75 Å². The minimum atomic E-state index is -1.72. The van der Waals surface area contributed by atoms with E-state index in [-0.39, 0.29) is 0 Å². The van der Waals surface area contributed by atoms with Crippen molar-refractivity contribution in [1.29, 1.82) is 0 Å². The molecule has 0 atom stereocenters. The Kier molecular flexibility index (Phi) is 3.46. The summed E-state index contributed by atoms with van der Waals surface area (Å²) in [5.74, 6) is -7.72. The molecule has 0 bridgehead atoms. The van der Waals surface area contributed by atoms with E-state index in [9.17, 15) is 17.6 Å². The molecule has 3 nitrogen and oxygen atoms in total. The number of hydrogen-bond donors (Lipinski definition) is 0. The number of rotatable bonds is 2. The summed E-state index contributed by atoms with van der Waals surface area (Å²) < 4.78 is 61.9. The molecule has 0 amide bonds. The summed E-state index contributed by atoms with van der Waals surface area (Å²) in [6.07, 6.45) is 0.295. The highest BCUT2D eigenvalue weighted by atomic mass is 19.2. The maximum Gasteiger partial charge on any atom is 0.255 e. The third-order valence-electron chi connectivity index (χ3n) is 2.41. The van der Waals surface area contributed by atoms with E-state index in [1.165, 1.54) is 0 Å². The number of pyridine rings is 1. The van der Waals surface area contributed by atoms with E-state index in [1.54, 1.807) is 0 Å². The van der Waals surface area contributed by atoms with E-state index < -0.39 is 35.4 Å². The zero-order chi connectivity index (χ0) is 12.4. The summed E-state index contributed by atoms with van der Waals surface area (Å²) in [6, 6.07) is 0. The van der Waals surface area contributed by atoms with Gasteiger partial charge in [0.1, 0.15) is 6.10 Å². The highest BCUT2D eigenvalue weighted by Gasteiger charge is 2.25. The first-order valence-electron chi connectivity index (χ1n) is 5.04. The van der Waals surface area contributed by atoms with Gasteiger partial charge in [0.2, 0.25) is 17.4 Å². The molecular formula is C10H9F4NO2. The lowest BCUT2D eigenvalue weighted by Gasteiger charge is -2.23. The zero-order valence-corrected chi connectivity index (χ0v) is 8.68. The van der Waals surface area contributed by atoms with Gasteiger partial charge in [0, 0.05) is 12.8 Å². The van der Waals surface area contributed by atoms with Crippen molar-refractivity contribution in [3.63, 3.8) is 0 Å². The van der Waals surface area contributed by atoms with Crippen LogP contribution in [0, 0.1) is 23.5 Å². The Bertz CT molecular complexity index is 395. The molecule has 0 unspecified atom stereocenters. The van der Waals surface area contributed by atoms with Crippen LogP contribution < -0.4 is 4.74 Å². The molecule has 1 aliphatic heterocycles. The van der Waals surface area contributed by atoms with E-state index in [1.807, 2.05) is 0 Å². The summed E-state index contributed by atoms with van der Waals surface area (Å²) in [7, 11) is 0. The standard InChI is InChI=1S/C10H9F4NO2/c11-6-8(7(12)10(14)15-9(6)13)17-5-1-3-16-4-2-5/h5H,1-4H2. The minimum absolute atomic E-state index is 0.379. The normalized spacial score (nSPS) is 17.2. The largest absolute Gasteiger partial charge is 0.484 e. The van der Waals surface area contributed by atoms with Gasteiger partial charge in [-0.1, -0.05) is 0 Å². The second-order valence-corrected chi connectivity index (χ2v) is 3.58. The molecule has 2 heterocycles. The molecule has 94 valence electrons. The Morgan fingerprint density at radius 3 is 2.06 bits per heavy atom. The van der Waals surface area contributed by atoms with Crippen LogP contribution in [0.1, 0.15) is 12.8 Å². The molecule has 1 fully saturated rings. The van der Waals surface area contributed by atoms with Gasteiger partial charge < -0.3 is 9.47 Å². The Hall–Kier alpha value is -1.37. The number of hydrogen-bond acceptors (Lipinski definition) is 3. The molecule has 7 heteroatoms. The predicted molar refractivity (Wildman–Crippen MR) is 48.5 cm³/mol. The lowest BCUT2D eigenvalue weighted by Crippen LogP contribution is -2.27. The molecule has 1 aromatic heterocycles. The monoisotopic (exact) mass is 251 g/mol. The van der Waals surface area contributed by atoms with Crippen LogP contribution in [0.15, 0.2) is 0 Å². The van der Waals surface area contributed by atoms with Crippen molar-refractivity contribution in [2.45, 2.75) is 18.9 Å². The fourth-order valence-corrected chi connectivity index (χ4v) is 1.53. The van der Waals surface area contributed by atoms with Crippen molar-refractivity contribution in [3.8, 4) is 5.75 Å². The van der Waals surface area contributed by atoms with Crippen LogP contribution in [-0.4, -0.2) is 24.3 Å². The van der Waals surface area contributed by atoms with Gasteiger partial charge in [-0.3, -0.25) is 0 Å². The molecular weight excluding hydrogens is 242 g/mol. The maximum absolute atomic E-state index is 13.2. The van der Waals surface area contributed by atoms with Gasteiger partial charge in [0.15, 0.2) is 0 Å². The zero-order valence-electron chi connectivity index (χ0n) is 8.68. The lowest BCUT2D eigenvalue weighted by molar-refractivity contribution is 0.0214. The molecule has 17 heavy (non-hydrogen) atoms. The van der Waals surface area contributed by atoms with Gasteiger partial charge in [-0.2, -0.15) is 22.5 Å². The van der Waals surface area contributed by atoms with Gasteiger partial charge in [0.25, 0.3) is 11.9 Å². The summed E-state index contributed by atoms with van der Waals surface area (Å²) in [6.45, 7) is 0.758. The molecule has 2 rings (SSSR count). The predicted octanol–water partition coefficient (Wildman–Crippen LogP) is 2.20. The Balaban J connectivity index is 2.24. The van der Waals surface area contributed by atoms with Crippen LogP contribution in [0.2, 0.25) is 0 Å². The second-order valence-electron chi connectivity index (χ2n) is 3.58. The average molecular weight is 251 g/mol. The van der Waals surface area contributed by atoms with Crippen LogP contribution in [-0.2, 0) is 4.74 Å². The fourth-order valence-electron chi connectivity index (χ4n) is 1.53. The SMILES string of the molecule is Fc1nc(F)c(F)c(OC2CCOCC2)c1F. The number of halogens is 4. The van der Waals surface area contributed by atoms with Crippen molar-refractivity contribution in [1.82, 2.24) is 4.98 Å². The smallest absolute Gasteiger partial charge is 0.255 e. The van der Waals surface area contributed by atoms with Crippen molar-refractivity contribution in [2.75, 3.05) is 13.2 Å². The van der Waals surface area contributed by atoms with Gasteiger partial charge in [-0.25, -0.2) is 0 Å². The first-order chi connectivity index (χ1) is 8.09. The van der Waals surface area contributed by atoms with Gasteiger partial charge in [0.05, 0.1) is 13.2 Å². The molecule has 1 saturated heterocycles. The average Bonchev–Trinajstić information content (AvgIpc) is 2.33.